The van der Waals surface area contributed by atoms with Crippen LogP contribution in [-0.2, 0) is 19.2 Å². The molecule has 0 saturated carbocycles. The molecule has 0 bridgehead atoms. The molecule has 0 rings (SSSR count). The van der Waals surface area contributed by atoms with E-state index in [1.807, 2.05) is 0 Å². The predicted molar refractivity (Wildman–Crippen MR) is 64.9 cm³/mol. The molecule has 108 valence electrons. The average molecular weight is 274 g/mol. The minimum absolute atomic E-state index is 0.240. The van der Waals surface area contributed by atoms with Gasteiger partial charge < -0.3 is 26.8 Å². The van der Waals surface area contributed by atoms with Crippen molar-refractivity contribution in [2.75, 3.05) is 19.6 Å². The van der Waals surface area contributed by atoms with Gasteiger partial charge in [-0.05, 0) is 13.8 Å². The Labute approximate surface area is 109 Å². The number of amides is 3. The summed E-state index contributed by atoms with van der Waals surface area (Å²) in [4.78, 5) is 44.2. The number of rotatable bonds is 7. The van der Waals surface area contributed by atoms with Gasteiger partial charge in [0, 0.05) is 0 Å². The molecular weight excluding hydrogens is 256 g/mol. The Morgan fingerprint density at radius 3 is 2.11 bits per heavy atom. The maximum Gasteiger partial charge on any atom is 0.322 e. The van der Waals surface area contributed by atoms with E-state index in [1.165, 1.54) is 13.8 Å². The summed E-state index contributed by atoms with van der Waals surface area (Å²) >= 11 is 0. The predicted octanol–water partition coefficient (Wildman–Crippen LogP) is -2.84. The topological polar surface area (TPSA) is 151 Å². The number of carboxylic acids is 1. The van der Waals surface area contributed by atoms with Crippen molar-refractivity contribution in [1.29, 1.82) is 0 Å². The first-order valence-corrected chi connectivity index (χ1v) is 5.47. The summed E-state index contributed by atoms with van der Waals surface area (Å²) in [5.74, 6) is -2.92. The minimum Gasteiger partial charge on any atom is -0.480 e. The lowest BCUT2D eigenvalue weighted by Crippen LogP contribution is -2.57. The Morgan fingerprint density at radius 2 is 1.63 bits per heavy atom. The maximum atomic E-state index is 11.6. The van der Waals surface area contributed by atoms with Crippen LogP contribution in [0.3, 0.4) is 0 Å². The SMILES string of the molecule is CC(C)(NC(=O)CNC(=O)CN)C(=O)NCC(=O)O. The average Bonchev–Trinajstić information content (AvgIpc) is 2.32. The molecule has 0 spiro atoms. The van der Waals surface area contributed by atoms with E-state index in [-0.39, 0.29) is 13.1 Å². The van der Waals surface area contributed by atoms with E-state index in [0.29, 0.717) is 0 Å². The first-order chi connectivity index (χ1) is 8.69. The molecule has 9 nitrogen and oxygen atoms in total. The first-order valence-electron chi connectivity index (χ1n) is 5.47. The second-order valence-electron chi connectivity index (χ2n) is 4.23. The van der Waals surface area contributed by atoms with Gasteiger partial charge >= 0.3 is 5.97 Å². The molecule has 0 aliphatic rings. The van der Waals surface area contributed by atoms with E-state index in [1.54, 1.807) is 0 Å². The van der Waals surface area contributed by atoms with Crippen molar-refractivity contribution in [2.45, 2.75) is 19.4 Å². The van der Waals surface area contributed by atoms with Gasteiger partial charge in [-0.2, -0.15) is 0 Å². The zero-order chi connectivity index (χ0) is 15.1. The third-order valence-corrected chi connectivity index (χ3v) is 2.05. The molecule has 0 saturated heterocycles. The minimum atomic E-state index is -1.29. The zero-order valence-corrected chi connectivity index (χ0v) is 10.8. The van der Waals surface area contributed by atoms with Crippen molar-refractivity contribution in [2.24, 2.45) is 5.73 Å². The van der Waals surface area contributed by atoms with Crippen molar-refractivity contribution in [3.8, 4) is 0 Å². The van der Waals surface area contributed by atoms with Crippen LogP contribution in [0, 0.1) is 0 Å². The number of carbonyl (C=O) groups is 4. The van der Waals surface area contributed by atoms with Crippen LogP contribution in [0.4, 0.5) is 0 Å². The fourth-order valence-electron chi connectivity index (χ4n) is 1.08. The third-order valence-electron chi connectivity index (χ3n) is 2.05. The van der Waals surface area contributed by atoms with E-state index in [2.05, 4.69) is 16.0 Å². The highest BCUT2D eigenvalue weighted by molar-refractivity contribution is 5.93. The van der Waals surface area contributed by atoms with E-state index >= 15 is 0 Å². The number of carboxylic acid groups (broad SMARTS) is 1. The monoisotopic (exact) mass is 274 g/mol. The second kappa shape index (κ2) is 7.31. The van der Waals surface area contributed by atoms with Gasteiger partial charge in [0.05, 0.1) is 13.1 Å². The molecule has 0 aromatic heterocycles. The quantitative estimate of drug-likeness (QED) is 0.337. The lowest BCUT2D eigenvalue weighted by Gasteiger charge is -2.24. The Morgan fingerprint density at radius 1 is 1.05 bits per heavy atom. The van der Waals surface area contributed by atoms with Crippen molar-refractivity contribution < 1.29 is 24.3 Å². The molecule has 0 fully saturated rings. The van der Waals surface area contributed by atoms with Gasteiger partial charge in [-0.25, -0.2) is 0 Å². The number of hydrogen-bond acceptors (Lipinski definition) is 5. The van der Waals surface area contributed by atoms with E-state index in [4.69, 9.17) is 10.8 Å². The lowest BCUT2D eigenvalue weighted by atomic mass is 10.0. The van der Waals surface area contributed by atoms with Crippen LogP contribution >= 0.6 is 0 Å². The van der Waals surface area contributed by atoms with Crippen LogP contribution in [0.1, 0.15) is 13.8 Å². The first kappa shape index (κ1) is 16.8. The van der Waals surface area contributed by atoms with Gasteiger partial charge in [0.25, 0.3) is 0 Å². The molecule has 0 aromatic carbocycles. The van der Waals surface area contributed by atoms with Gasteiger partial charge in [0.2, 0.25) is 17.7 Å². The molecular formula is C10H18N4O5. The van der Waals surface area contributed by atoms with Crippen molar-refractivity contribution in [3.63, 3.8) is 0 Å². The normalized spacial score (nSPS) is 10.5. The fourth-order valence-corrected chi connectivity index (χ4v) is 1.08. The largest absolute Gasteiger partial charge is 0.480 e. The second-order valence-corrected chi connectivity index (χ2v) is 4.23. The summed E-state index contributed by atoms with van der Waals surface area (Å²) in [5.41, 5.74) is 3.75. The number of aliphatic carboxylic acids is 1. The lowest BCUT2D eigenvalue weighted by molar-refractivity contribution is -0.139. The fraction of sp³-hybridized carbons (Fsp3) is 0.600. The third kappa shape index (κ3) is 6.99. The van der Waals surface area contributed by atoms with Crippen LogP contribution in [0.15, 0.2) is 0 Å². The Hall–Kier alpha value is -2.16. The van der Waals surface area contributed by atoms with Crippen molar-refractivity contribution in [1.82, 2.24) is 16.0 Å². The summed E-state index contributed by atoms with van der Waals surface area (Å²) in [5, 5.41) is 15.2. The van der Waals surface area contributed by atoms with Gasteiger partial charge in [-0.1, -0.05) is 0 Å². The van der Waals surface area contributed by atoms with Crippen LogP contribution in [0.5, 0.6) is 0 Å². The highest BCUT2D eigenvalue weighted by atomic mass is 16.4. The van der Waals surface area contributed by atoms with Crippen LogP contribution in [-0.4, -0.2) is 54.0 Å². The molecule has 0 unspecified atom stereocenters. The van der Waals surface area contributed by atoms with Crippen molar-refractivity contribution >= 4 is 23.7 Å². The molecule has 0 aliphatic heterocycles. The highest BCUT2D eigenvalue weighted by Crippen LogP contribution is 2.01. The summed E-state index contributed by atoms with van der Waals surface area (Å²) in [7, 11) is 0. The molecule has 0 atom stereocenters. The number of nitrogens with one attached hydrogen (secondary N) is 3. The van der Waals surface area contributed by atoms with E-state index < -0.39 is 35.8 Å². The molecule has 3 amide bonds. The molecule has 0 aromatic rings. The Balaban J connectivity index is 4.26. The Kier molecular flexibility index (Phi) is 6.48. The molecule has 6 N–H and O–H groups in total. The van der Waals surface area contributed by atoms with Gasteiger partial charge in [-0.3, -0.25) is 19.2 Å². The molecule has 0 aliphatic carbocycles. The Bertz CT molecular complexity index is 380. The molecule has 19 heavy (non-hydrogen) atoms. The number of nitrogens with two attached hydrogens (primary N) is 1. The number of hydrogen-bond donors (Lipinski definition) is 5. The molecule has 9 heteroatoms. The molecule has 0 heterocycles. The summed E-state index contributed by atoms with van der Waals surface area (Å²) in [6.07, 6.45) is 0. The summed E-state index contributed by atoms with van der Waals surface area (Å²) in [6.45, 7) is 1.73. The van der Waals surface area contributed by atoms with E-state index in [0.717, 1.165) is 0 Å². The van der Waals surface area contributed by atoms with Gasteiger partial charge in [0.1, 0.15) is 12.1 Å². The standard InChI is InChI=1S/C10H18N4O5/c1-10(2,9(19)13-5-8(17)18)14-7(16)4-12-6(15)3-11/h3-5,11H2,1-2H3,(H,12,15)(H,13,19)(H,14,16)(H,17,18). The zero-order valence-electron chi connectivity index (χ0n) is 10.8. The van der Waals surface area contributed by atoms with Gasteiger partial charge in [0.15, 0.2) is 0 Å². The molecule has 0 radical (unpaired) electrons. The van der Waals surface area contributed by atoms with Gasteiger partial charge in [-0.15, -0.1) is 0 Å². The van der Waals surface area contributed by atoms with Crippen LogP contribution in [0.2, 0.25) is 0 Å². The number of carbonyl (C=O) groups excluding carboxylic acids is 3. The van der Waals surface area contributed by atoms with Crippen LogP contribution in [0.25, 0.3) is 0 Å². The van der Waals surface area contributed by atoms with E-state index in [9.17, 15) is 19.2 Å². The summed E-state index contributed by atoms with van der Waals surface area (Å²) in [6, 6.07) is 0. The summed E-state index contributed by atoms with van der Waals surface area (Å²) < 4.78 is 0. The smallest absolute Gasteiger partial charge is 0.322 e. The van der Waals surface area contributed by atoms with Crippen molar-refractivity contribution in [3.05, 3.63) is 0 Å². The highest BCUT2D eigenvalue weighted by Gasteiger charge is 2.29. The van der Waals surface area contributed by atoms with Crippen LogP contribution < -0.4 is 21.7 Å². The maximum absolute atomic E-state index is 11.6.